The lowest BCUT2D eigenvalue weighted by molar-refractivity contribution is -0.124. The molecule has 0 spiro atoms. The molecule has 1 aliphatic rings. The molecule has 112 valence electrons. The maximum absolute atomic E-state index is 12.2. The number of aromatic nitrogens is 1. The first-order chi connectivity index (χ1) is 10.3. The number of para-hydroxylation sites is 1. The third-order valence-electron chi connectivity index (χ3n) is 4.42. The molecule has 1 amide bonds. The summed E-state index contributed by atoms with van der Waals surface area (Å²) in [6.45, 7) is 3.78. The van der Waals surface area contributed by atoms with E-state index >= 15 is 0 Å². The lowest BCUT2D eigenvalue weighted by Gasteiger charge is -2.28. The minimum absolute atomic E-state index is 0.0262. The molecule has 21 heavy (non-hydrogen) atoms. The zero-order valence-corrected chi connectivity index (χ0v) is 12.5. The molecule has 2 atom stereocenters. The van der Waals surface area contributed by atoms with Crippen molar-refractivity contribution in [1.82, 2.24) is 15.6 Å². The standard InChI is InChI=1S/C17H23N3O/c1-12-5-4-9-18-16(12)17(21)19-10-8-13-11-20-15-7-3-2-6-14(13)15/h2-3,6-7,11-12,16,18,20H,4-5,8-10H2,1H3,(H,19,21). The van der Waals surface area contributed by atoms with Gasteiger partial charge in [0.1, 0.15) is 0 Å². The molecule has 3 rings (SSSR count). The Morgan fingerprint density at radius 2 is 2.24 bits per heavy atom. The Bertz CT molecular complexity index is 619. The van der Waals surface area contributed by atoms with Crippen LogP contribution < -0.4 is 10.6 Å². The van der Waals surface area contributed by atoms with E-state index in [0.717, 1.165) is 24.9 Å². The zero-order valence-electron chi connectivity index (χ0n) is 12.5. The average Bonchev–Trinajstić information content (AvgIpc) is 2.91. The van der Waals surface area contributed by atoms with Crippen LogP contribution >= 0.6 is 0 Å². The van der Waals surface area contributed by atoms with Crippen LogP contribution in [-0.4, -0.2) is 30.0 Å². The molecule has 3 N–H and O–H groups in total. The SMILES string of the molecule is CC1CCCNC1C(=O)NCCc1c[nH]c2ccccc12. The number of amides is 1. The first kappa shape index (κ1) is 14.1. The van der Waals surface area contributed by atoms with Gasteiger partial charge in [0.15, 0.2) is 0 Å². The van der Waals surface area contributed by atoms with Crippen molar-refractivity contribution in [2.75, 3.05) is 13.1 Å². The normalized spacial score (nSPS) is 22.3. The first-order valence-electron chi connectivity index (χ1n) is 7.82. The van der Waals surface area contributed by atoms with Crippen LogP contribution in [0, 0.1) is 5.92 Å². The van der Waals surface area contributed by atoms with E-state index in [9.17, 15) is 4.79 Å². The minimum Gasteiger partial charge on any atom is -0.361 e. The van der Waals surface area contributed by atoms with Crippen LogP contribution in [0.2, 0.25) is 0 Å². The van der Waals surface area contributed by atoms with E-state index in [1.54, 1.807) is 0 Å². The Morgan fingerprint density at radius 3 is 3.10 bits per heavy atom. The lowest BCUT2D eigenvalue weighted by atomic mass is 9.92. The number of H-pyrrole nitrogens is 1. The van der Waals surface area contributed by atoms with E-state index < -0.39 is 0 Å². The predicted octanol–water partition coefficient (Wildman–Crippen LogP) is 2.21. The Hall–Kier alpha value is -1.81. The summed E-state index contributed by atoms with van der Waals surface area (Å²) in [5.41, 5.74) is 2.41. The first-order valence-corrected chi connectivity index (χ1v) is 7.82. The average molecular weight is 285 g/mol. The topological polar surface area (TPSA) is 56.9 Å². The maximum atomic E-state index is 12.2. The second kappa shape index (κ2) is 6.31. The number of hydrogen-bond donors (Lipinski definition) is 3. The molecule has 2 heterocycles. The second-order valence-corrected chi connectivity index (χ2v) is 5.95. The van der Waals surface area contributed by atoms with Gasteiger partial charge in [-0.25, -0.2) is 0 Å². The van der Waals surface area contributed by atoms with E-state index in [0.29, 0.717) is 12.5 Å². The van der Waals surface area contributed by atoms with Gasteiger partial charge in [-0.2, -0.15) is 0 Å². The van der Waals surface area contributed by atoms with Crippen molar-refractivity contribution in [2.24, 2.45) is 5.92 Å². The predicted molar refractivity (Wildman–Crippen MR) is 85.2 cm³/mol. The monoisotopic (exact) mass is 285 g/mol. The van der Waals surface area contributed by atoms with Gasteiger partial charge in [0.25, 0.3) is 0 Å². The quantitative estimate of drug-likeness (QED) is 0.806. The Balaban J connectivity index is 1.55. The van der Waals surface area contributed by atoms with Crippen molar-refractivity contribution in [1.29, 1.82) is 0 Å². The molecular formula is C17H23N3O. The van der Waals surface area contributed by atoms with Crippen molar-refractivity contribution in [2.45, 2.75) is 32.2 Å². The summed E-state index contributed by atoms with van der Waals surface area (Å²) in [5.74, 6) is 0.564. The summed E-state index contributed by atoms with van der Waals surface area (Å²) >= 11 is 0. The molecule has 4 nitrogen and oxygen atoms in total. The van der Waals surface area contributed by atoms with Gasteiger partial charge in [-0.1, -0.05) is 25.1 Å². The van der Waals surface area contributed by atoms with Gasteiger partial charge in [-0.15, -0.1) is 0 Å². The number of piperidine rings is 1. The van der Waals surface area contributed by atoms with Crippen molar-refractivity contribution >= 4 is 16.8 Å². The molecule has 1 aromatic heterocycles. The van der Waals surface area contributed by atoms with Gasteiger partial charge >= 0.3 is 0 Å². The smallest absolute Gasteiger partial charge is 0.237 e. The molecule has 4 heteroatoms. The highest BCUT2D eigenvalue weighted by atomic mass is 16.2. The van der Waals surface area contributed by atoms with Crippen molar-refractivity contribution in [3.05, 3.63) is 36.0 Å². The molecule has 2 unspecified atom stereocenters. The van der Waals surface area contributed by atoms with Gasteiger partial charge in [-0.3, -0.25) is 4.79 Å². The van der Waals surface area contributed by atoms with Crippen LogP contribution in [0.4, 0.5) is 0 Å². The molecule has 1 saturated heterocycles. The fourth-order valence-electron chi connectivity index (χ4n) is 3.17. The number of benzene rings is 1. The largest absolute Gasteiger partial charge is 0.361 e. The Kier molecular flexibility index (Phi) is 4.25. The van der Waals surface area contributed by atoms with Crippen molar-refractivity contribution in [3.8, 4) is 0 Å². The van der Waals surface area contributed by atoms with E-state index in [1.807, 2.05) is 18.3 Å². The molecule has 1 fully saturated rings. The number of nitrogens with one attached hydrogen (secondary N) is 3. The highest BCUT2D eigenvalue weighted by molar-refractivity contribution is 5.84. The summed E-state index contributed by atoms with van der Waals surface area (Å²) in [7, 11) is 0. The van der Waals surface area contributed by atoms with Gasteiger partial charge in [0, 0.05) is 23.6 Å². The molecule has 0 radical (unpaired) electrons. The number of carbonyl (C=O) groups is 1. The Labute approximate surface area is 125 Å². The number of aromatic amines is 1. The van der Waals surface area contributed by atoms with Crippen LogP contribution in [-0.2, 0) is 11.2 Å². The number of fused-ring (bicyclic) bond motifs is 1. The Morgan fingerprint density at radius 1 is 1.38 bits per heavy atom. The molecule has 0 aliphatic carbocycles. The van der Waals surface area contributed by atoms with E-state index in [2.05, 4.69) is 34.7 Å². The van der Waals surface area contributed by atoms with Crippen LogP contribution in [0.25, 0.3) is 10.9 Å². The summed E-state index contributed by atoms with van der Waals surface area (Å²) in [6.07, 6.45) is 5.20. The third kappa shape index (κ3) is 3.10. The number of hydrogen-bond acceptors (Lipinski definition) is 2. The molecular weight excluding hydrogens is 262 g/mol. The van der Waals surface area contributed by atoms with Crippen molar-refractivity contribution in [3.63, 3.8) is 0 Å². The molecule has 0 bridgehead atoms. The van der Waals surface area contributed by atoms with Crippen LogP contribution in [0.15, 0.2) is 30.5 Å². The zero-order chi connectivity index (χ0) is 14.7. The summed E-state index contributed by atoms with van der Waals surface area (Å²) in [5, 5.41) is 7.64. The number of rotatable bonds is 4. The lowest BCUT2D eigenvalue weighted by Crippen LogP contribution is -2.51. The molecule has 1 aliphatic heterocycles. The number of carbonyl (C=O) groups excluding carboxylic acids is 1. The highest BCUT2D eigenvalue weighted by Crippen LogP contribution is 2.18. The van der Waals surface area contributed by atoms with E-state index in [-0.39, 0.29) is 11.9 Å². The maximum Gasteiger partial charge on any atom is 0.237 e. The van der Waals surface area contributed by atoms with Gasteiger partial charge in [0.2, 0.25) is 5.91 Å². The fraction of sp³-hybridized carbons (Fsp3) is 0.471. The summed E-state index contributed by atoms with van der Waals surface area (Å²) in [6, 6.07) is 8.24. The van der Waals surface area contributed by atoms with E-state index in [1.165, 1.54) is 17.4 Å². The summed E-state index contributed by atoms with van der Waals surface area (Å²) in [4.78, 5) is 15.5. The fourth-order valence-corrected chi connectivity index (χ4v) is 3.17. The summed E-state index contributed by atoms with van der Waals surface area (Å²) < 4.78 is 0. The highest BCUT2D eigenvalue weighted by Gasteiger charge is 2.26. The second-order valence-electron chi connectivity index (χ2n) is 5.95. The molecule has 2 aromatic rings. The van der Waals surface area contributed by atoms with Gasteiger partial charge in [-0.05, 0) is 43.4 Å². The van der Waals surface area contributed by atoms with Gasteiger partial charge in [0.05, 0.1) is 6.04 Å². The third-order valence-corrected chi connectivity index (χ3v) is 4.42. The molecule has 0 saturated carbocycles. The van der Waals surface area contributed by atoms with Crippen molar-refractivity contribution < 1.29 is 4.79 Å². The van der Waals surface area contributed by atoms with Crippen LogP contribution in [0.5, 0.6) is 0 Å². The minimum atomic E-state index is -0.0262. The van der Waals surface area contributed by atoms with Crippen LogP contribution in [0.1, 0.15) is 25.3 Å². The van der Waals surface area contributed by atoms with Gasteiger partial charge < -0.3 is 15.6 Å². The van der Waals surface area contributed by atoms with Crippen LogP contribution in [0.3, 0.4) is 0 Å². The van der Waals surface area contributed by atoms with E-state index in [4.69, 9.17) is 0 Å². The molecule has 1 aromatic carbocycles.